The molecule has 1 saturated heterocycles. The average Bonchev–Trinajstić information content (AvgIpc) is 3.35. The zero-order valence-electron chi connectivity index (χ0n) is 16.1. The van der Waals surface area contributed by atoms with E-state index in [2.05, 4.69) is 16.4 Å². The number of rotatable bonds is 6. The molecule has 1 aliphatic heterocycles. The predicted molar refractivity (Wildman–Crippen MR) is 109 cm³/mol. The van der Waals surface area contributed by atoms with Gasteiger partial charge in [-0.05, 0) is 36.8 Å². The van der Waals surface area contributed by atoms with Gasteiger partial charge in [0.15, 0.2) is 11.7 Å². The summed E-state index contributed by atoms with van der Waals surface area (Å²) in [5, 5.41) is 5.33. The Balaban J connectivity index is 1.25. The fourth-order valence-corrected chi connectivity index (χ4v) is 4.70. The van der Waals surface area contributed by atoms with Gasteiger partial charge in [0.2, 0.25) is 5.91 Å². The van der Waals surface area contributed by atoms with Gasteiger partial charge in [0, 0.05) is 18.3 Å². The number of amides is 2. The zero-order chi connectivity index (χ0) is 20.2. The van der Waals surface area contributed by atoms with E-state index < -0.39 is 5.97 Å². The van der Waals surface area contributed by atoms with Crippen LogP contribution in [0.25, 0.3) is 0 Å². The molecule has 1 atom stereocenters. The van der Waals surface area contributed by atoms with Crippen molar-refractivity contribution in [3.8, 4) is 0 Å². The fourth-order valence-electron chi connectivity index (χ4n) is 3.84. The summed E-state index contributed by atoms with van der Waals surface area (Å²) in [7, 11) is 0. The Morgan fingerprint density at radius 3 is 2.93 bits per heavy atom. The lowest BCUT2D eigenvalue weighted by Gasteiger charge is -2.26. The fraction of sp³-hybridized carbons (Fsp3) is 0.429. The smallest absolute Gasteiger partial charge is 0.312 e. The Morgan fingerprint density at radius 2 is 2.10 bits per heavy atom. The molecule has 1 N–H and O–H groups in total. The Bertz CT molecular complexity index is 926. The summed E-state index contributed by atoms with van der Waals surface area (Å²) in [6, 6.07) is 8.07. The highest BCUT2D eigenvalue weighted by Crippen LogP contribution is 2.29. The molecule has 0 radical (unpaired) electrons. The van der Waals surface area contributed by atoms with Gasteiger partial charge in [-0.1, -0.05) is 24.3 Å². The maximum absolute atomic E-state index is 12.2. The molecule has 1 aliphatic carbocycles. The highest BCUT2D eigenvalue weighted by Gasteiger charge is 2.25. The number of hydrogen-bond acceptors (Lipinski definition) is 6. The van der Waals surface area contributed by atoms with Crippen molar-refractivity contribution in [2.24, 2.45) is 0 Å². The highest BCUT2D eigenvalue weighted by molar-refractivity contribution is 7.14. The topological polar surface area (TPSA) is 88.6 Å². The van der Waals surface area contributed by atoms with E-state index in [9.17, 15) is 14.4 Å². The van der Waals surface area contributed by atoms with Crippen LogP contribution in [0.5, 0.6) is 0 Å². The number of hydrogen-bond donors (Lipinski definition) is 1. The number of thiazole rings is 1. The molecule has 29 heavy (non-hydrogen) atoms. The number of fused-ring (bicyclic) bond motifs is 1. The second-order valence-electron chi connectivity index (χ2n) is 7.32. The molecule has 0 spiro atoms. The second kappa shape index (κ2) is 8.73. The van der Waals surface area contributed by atoms with Crippen molar-refractivity contribution in [1.82, 2.24) is 10.3 Å². The van der Waals surface area contributed by atoms with E-state index in [4.69, 9.17) is 4.74 Å². The van der Waals surface area contributed by atoms with Gasteiger partial charge >= 0.3 is 5.97 Å². The molecule has 0 unspecified atom stereocenters. The third kappa shape index (κ3) is 4.64. The number of carbonyl (C=O) groups is 3. The Labute approximate surface area is 173 Å². The molecule has 4 rings (SSSR count). The van der Waals surface area contributed by atoms with E-state index in [1.807, 2.05) is 18.2 Å². The Hall–Kier alpha value is -2.74. The SMILES string of the molecule is O=C(COC(=O)Cc1csc(N2CCCC2=O)n1)N[C@H]1CCCc2ccccc21. The van der Waals surface area contributed by atoms with Crippen LogP contribution in [0.1, 0.15) is 48.5 Å². The molecule has 2 amide bonds. The maximum Gasteiger partial charge on any atom is 0.312 e. The number of aromatic nitrogens is 1. The quantitative estimate of drug-likeness (QED) is 0.736. The Kier molecular flexibility index (Phi) is 5.89. The summed E-state index contributed by atoms with van der Waals surface area (Å²) in [6.07, 6.45) is 4.28. The van der Waals surface area contributed by atoms with E-state index in [0.29, 0.717) is 23.8 Å². The van der Waals surface area contributed by atoms with Crippen LogP contribution in [0.3, 0.4) is 0 Å². The lowest BCUT2D eigenvalue weighted by Crippen LogP contribution is -2.34. The molecule has 152 valence electrons. The van der Waals surface area contributed by atoms with Gasteiger partial charge in [0.1, 0.15) is 0 Å². The summed E-state index contributed by atoms with van der Waals surface area (Å²) in [6.45, 7) is 0.361. The summed E-state index contributed by atoms with van der Waals surface area (Å²) in [5.41, 5.74) is 2.96. The van der Waals surface area contributed by atoms with E-state index >= 15 is 0 Å². The minimum absolute atomic E-state index is 0.0158. The van der Waals surface area contributed by atoms with Crippen LogP contribution >= 0.6 is 11.3 Å². The highest BCUT2D eigenvalue weighted by atomic mass is 32.1. The van der Waals surface area contributed by atoms with Crippen molar-refractivity contribution < 1.29 is 19.1 Å². The summed E-state index contributed by atoms with van der Waals surface area (Å²) >= 11 is 1.34. The van der Waals surface area contributed by atoms with Gasteiger partial charge in [0.25, 0.3) is 5.91 Å². The van der Waals surface area contributed by atoms with Gasteiger partial charge in [-0.3, -0.25) is 19.3 Å². The molecule has 0 saturated carbocycles. The van der Waals surface area contributed by atoms with Gasteiger partial charge in [0.05, 0.1) is 18.2 Å². The van der Waals surface area contributed by atoms with E-state index in [1.165, 1.54) is 16.9 Å². The van der Waals surface area contributed by atoms with Crippen LogP contribution in [0, 0.1) is 0 Å². The third-order valence-corrected chi connectivity index (χ3v) is 6.15. The summed E-state index contributed by atoms with van der Waals surface area (Å²) < 4.78 is 5.13. The minimum atomic E-state index is -0.506. The van der Waals surface area contributed by atoms with E-state index in [-0.39, 0.29) is 30.9 Å². The molecule has 8 heteroatoms. The summed E-state index contributed by atoms with van der Waals surface area (Å²) in [5.74, 6) is -0.745. The first-order valence-electron chi connectivity index (χ1n) is 9.88. The van der Waals surface area contributed by atoms with Crippen molar-refractivity contribution in [2.45, 2.75) is 44.6 Å². The van der Waals surface area contributed by atoms with Crippen molar-refractivity contribution in [3.05, 3.63) is 46.5 Å². The zero-order valence-corrected chi connectivity index (χ0v) is 16.9. The lowest BCUT2D eigenvalue weighted by molar-refractivity contribution is -0.148. The molecule has 7 nitrogen and oxygen atoms in total. The molecule has 2 aliphatic rings. The molecule has 0 bridgehead atoms. The van der Waals surface area contributed by atoms with Crippen LogP contribution in [0.4, 0.5) is 5.13 Å². The van der Waals surface area contributed by atoms with Crippen molar-refractivity contribution in [3.63, 3.8) is 0 Å². The number of anilines is 1. The Morgan fingerprint density at radius 1 is 1.24 bits per heavy atom. The number of benzene rings is 1. The molecule has 1 fully saturated rings. The number of esters is 1. The van der Waals surface area contributed by atoms with Gasteiger partial charge in [-0.25, -0.2) is 4.98 Å². The lowest BCUT2D eigenvalue weighted by atomic mass is 9.88. The standard InChI is InChI=1S/C21H23N3O4S/c25-18(23-17-8-3-6-14-5-1-2-7-16(14)17)12-28-20(27)11-15-13-29-21(22-15)24-10-4-9-19(24)26/h1-2,5,7,13,17H,3-4,6,8-12H2,(H,23,25)/t17-/m0/s1. The van der Waals surface area contributed by atoms with E-state index in [0.717, 1.165) is 31.2 Å². The number of carbonyl (C=O) groups excluding carboxylic acids is 3. The molecular weight excluding hydrogens is 390 g/mol. The number of aryl methyl sites for hydroxylation is 1. The van der Waals surface area contributed by atoms with Crippen LogP contribution < -0.4 is 10.2 Å². The largest absolute Gasteiger partial charge is 0.455 e. The number of nitrogens with zero attached hydrogens (tertiary/aromatic N) is 2. The van der Waals surface area contributed by atoms with Gasteiger partial charge in [-0.15, -0.1) is 11.3 Å². The summed E-state index contributed by atoms with van der Waals surface area (Å²) in [4.78, 5) is 42.1. The average molecular weight is 413 g/mol. The molecular formula is C21H23N3O4S. The first-order chi connectivity index (χ1) is 14.1. The maximum atomic E-state index is 12.2. The van der Waals surface area contributed by atoms with Crippen LogP contribution in [0.2, 0.25) is 0 Å². The van der Waals surface area contributed by atoms with Crippen molar-refractivity contribution in [2.75, 3.05) is 18.1 Å². The number of ether oxygens (including phenoxy) is 1. The van der Waals surface area contributed by atoms with Crippen molar-refractivity contribution in [1.29, 1.82) is 0 Å². The minimum Gasteiger partial charge on any atom is -0.455 e. The molecule has 2 aromatic rings. The predicted octanol–water partition coefficient (Wildman–Crippen LogP) is 2.55. The number of nitrogens with one attached hydrogen (secondary N) is 1. The van der Waals surface area contributed by atoms with Crippen LogP contribution in [-0.2, 0) is 32.0 Å². The molecule has 2 heterocycles. The van der Waals surface area contributed by atoms with Crippen LogP contribution in [-0.4, -0.2) is 35.9 Å². The third-order valence-electron chi connectivity index (χ3n) is 5.24. The first-order valence-corrected chi connectivity index (χ1v) is 10.8. The normalized spacial score (nSPS) is 18.4. The van der Waals surface area contributed by atoms with Gasteiger partial charge < -0.3 is 10.1 Å². The van der Waals surface area contributed by atoms with Crippen LogP contribution in [0.15, 0.2) is 29.6 Å². The monoisotopic (exact) mass is 413 g/mol. The van der Waals surface area contributed by atoms with E-state index in [1.54, 1.807) is 10.3 Å². The molecule has 1 aromatic carbocycles. The second-order valence-corrected chi connectivity index (χ2v) is 8.16. The molecule has 1 aromatic heterocycles. The first kappa shape index (κ1) is 19.6. The van der Waals surface area contributed by atoms with Gasteiger partial charge in [-0.2, -0.15) is 0 Å². The van der Waals surface area contributed by atoms with Crippen molar-refractivity contribution >= 4 is 34.3 Å².